The first-order valence-electron chi connectivity index (χ1n) is 4.00. The molecule has 0 atom stereocenters. The molecule has 5 heteroatoms. The molecule has 1 rings (SSSR count). The fourth-order valence-corrected chi connectivity index (χ4v) is 1.41. The zero-order valence-electron chi connectivity index (χ0n) is 7.60. The lowest BCUT2D eigenvalue weighted by Gasteiger charge is -2.09. The second kappa shape index (κ2) is 4.52. The lowest BCUT2D eigenvalue weighted by Crippen LogP contribution is -2.10. The van der Waals surface area contributed by atoms with Crippen molar-refractivity contribution in [3.05, 3.63) is 28.0 Å². The van der Waals surface area contributed by atoms with Crippen LogP contribution in [0, 0.1) is 5.82 Å². The summed E-state index contributed by atoms with van der Waals surface area (Å²) in [5.41, 5.74) is 6.52. The van der Waals surface area contributed by atoms with E-state index in [-0.39, 0.29) is 18.3 Å². The van der Waals surface area contributed by atoms with Crippen molar-refractivity contribution in [2.24, 2.45) is 5.73 Å². The summed E-state index contributed by atoms with van der Waals surface area (Å²) in [4.78, 5) is 10.8. The highest BCUT2D eigenvalue weighted by Gasteiger charge is 2.07. The van der Waals surface area contributed by atoms with Gasteiger partial charge in [0.2, 0.25) is 5.91 Å². The van der Waals surface area contributed by atoms with Gasteiger partial charge in [-0.25, -0.2) is 4.39 Å². The van der Waals surface area contributed by atoms with E-state index in [2.05, 4.69) is 21.2 Å². The third kappa shape index (κ3) is 2.52. The van der Waals surface area contributed by atoms with Crippen LogP contribution in [0.4, 0.5) is 10.1 Å². The number of hydrogen-bond acceptors (Lipinski definition) is 2. The van der Waals surface area contributed by atoms with Gasteiger partial charge in [-0.2, -0.15) is 0 Å². The number of nitrogens with one attached hydrogen (secondary N) is 1. The molecule has 3 nitrogen and oxygen atoms in total. The van der Waals surface area contributed by atoms with Gasteiger partial charge in [-0.15, -0.1) is 0 Å². The molecule has 1 amide bonds. The molecule has 0 unspecified atom stereocenters. The van der Waals surface area contributed by atoms with E-state index >= 15 is 0 Å². The third-order valence-corrected chi connectivity index (χ3v) is 2.28. The molecule has 0 saturated heterocycles. The summed E-state index contributed by atoms with van der Waals surface area (Å²) >= 11 is 3.03. The fraction of sp³-hybridized carbons (Fsp3) is 0.222. The van der Waals surface area contributed by atoms with Crippen molar-refractivity contribution in [2.75, 3.05) is 5.32 Å². The van der Waals surface area contributed by atoms with Gasteiger partial charge in [-0.1, -0.05) is 0 Å². The van der Waals surface area contributed by atoms with E-state index in [9.17, 15) is 9.18 Å². The van der Waals surface area contributed by atoms with Crippen LogP contribution in [0.1, 0.15) is 12.5 Å². The number of hydrogen-bond donors (Lipinski definition) is 2. The molecule has 3 N–H and O–H groups in total. The Morgan fingerprint density at radius 3 is 2.79 bits per heavy atom. The largest absolute Gasteiger partial charge is 0.326 e. The Morgan fingerprint density at radius 2 is 2.29 bits per heavy atom. The molecule has 0 aliphatic carbocycles. The maximum atomic E-state index is 13.1. The maximum absolute atomic E-state index is 13.1. The normalized spacial score (nSPS) is 10.0. The van der Waals surface area contributed by atoms with Gasteiger partial charge in [0, 0.05) is 19.2 Å². The van der Waals surface area contributed by atoms with E-state index in [0.717, 1.165) is 0 Å². The second-order valence-corrected chi connectivity index (χ2v) is 3.66. The first-order valence-corrected chi connectivity index (χ1v) is 4.79. The Labute approximate surface area is 89.6 Å². The van der Waals surface area contributed by atoms with Crippen molar-refractivity contribution in [1.82, 2.24) is 0 Å². The molecular formula is C9H10BrFN2O. The number of anilines is 1. The van der Waals surface area contributed by atoms with Crippen LogP contribution < -0.4 is 11.1 Å². The van der Waals surface area contributed by atoms with Crippen molar-refractivity contribution in [2.45, 2.75) is 13.5 Å². The van der Waals surface area contributed by atoms with Gasteiger partial charge in [-0.3, -0.25) is 4.79 Å². The summed E-state index contributed by atoms with van der Waals surface area (Å²) in [6.07, 6.45) is 0. The van der Waals surface area contributed by atoms with Crippen LogP contribution in [0.25, 0.3) is 0 Å². The fourth-order valence-electron chi connectivity index (χ4n) is 1.06. The molecule has 14 heavy (non-hydrogen) atoms. The van der Waals surface area contributed by atoms with Crippen molar-refractivity contribution in [1.29, 1.82) is 0 Å². The summed E-state index contributed by atoms with van der Waals surface area (Å²) < 4.78 is 13.4. The Hall–Kier alpha value is -0.940. The summed E-state index contributed by atoms with van der Waals surface area (Å²) in [5, 5.41) is 2.58. The van der Waals surface area contributed by atoms with E-state index in [0.29, 0.717) is 15.7 Å². The van der Waals surface area contributed by atoms with Gasteiger partial charge >= 0.3 is 0 Å². The lowest BCUT2D eigenvalue weighted by atomic mass is 10.1. The summed E-state index contributed by atoms with van der Waals surface area (Å²) in [5.74, 6) is -0.599. The smallest absolute Gasteiger partial charge is 0.221 e. The molecule has 0 radical (unpaired) electrons. The molecule has 0 saturated carbocycles. The average molecular weight is 261 g/mol. The first kappa shape index (κ1) is 11.1. The number of amides is 1. The van der Waals surface area contributed by atoms with E-state index in [1.165, 1.54) is 19.1 Å². The van der Waals surface area contributed by atoms with E-state index < -0.39 is 0 Å². The maximum Gasteiger partial charge on any atom is 0.221 e. The molecule has 0 fully saturated rings. The minimum absolute atomic E-state index is 0.180. The summed E-state index contributed by atoms with van der Waals surface area (Å²) in [7, 11) is 0. The molecule has 0 aromatic heterocycles. The predicted octanol–water partition coefficient (Wildman–Crippen LogP) is 2.01. The van der Waals surface area contributed by atoms with Crippen LogP contribution in [-0.4, -0.2) is 5.91 Å². The minimum Gasteiger partial charge on any atom is -0.326 e. The van der Waals surface area contributed by atoms with Gasteiger partial charge in [0.05, 0.1) is 4.47 Å². The number of rotatable bonds is 2. The number of benzene rings is 1. The zero-order chi connectivity index (χ0) is 10.7. The SMILES string of the molecule is CC(=O)Nc1cc(Br)c(F)cc1CN. The van der Waals surface area contributed by atoms with Crippen LogP contribution in [-0.2, 0) is 11.3 Å². The van der Waals surface area contributed by atoms with Gasteiger partial charge in [0.25, 0.3) is 0 Å². The Bertz CT molecular complexity index is 368. The molecule has 0 aliphatic rings. The highest BCUT2D eigenvalue weighted by atomic mass is 79.9. The van der Waals surface area contributed by atoms with Crippen molar-refractivity contribution < 1.29 is 9.18 Å². The van der Waals surface area contributed by atoms with Crippen LogP contribution in [0.15, 0.2) is 16.6 Å². The standard InChI is InChI=1S/C9H10BrFN2O/c1-5(14)13-9-3-7(10)8(11)2-6(9)4-12/h2-3H,4,12H2,1H3,(H,13,14). The first-order chi connectivity index (χ1) is 6.54. The van der Waals surface area contributed by atoms with Crippen molar-refractivity contribution in [3.8, 4) is 0 Å². The average Bonchev–Trinajstić information content (AvgIpc) is 2.10. The quantitative estimate of drug-likeness (QED) is 0.855. The molecule has 0 heterocycles. The number of carbonyl (C=O) groups excluding carboxylic acids is 1. The lowest BCUT2D eigenvalue weighted by molar-refractivity contribution is -0.114. The van der Waals surface area contributed by atoms with Gasteiger partial charge in [0.1, 0.15) is 5.82 Å². The van der Waals surface area contributed by atoms with Gasteiger partial charge in [-0.05, 0) is 33.6 Å². The van der Waals surface area contributed by atoms with Crippen LogP contribution >= 0.6 is 15.9 Å². The second-order valence-electron chi connectivity index (χ2n) is 2.81. The predicted molar refractivity (Wildman–Crippen MR) is 56.3 cm³/mol. The topological polar surface area (TPSA) is 55.1 Å². The number of halogens is 2. The monoisotopic (exact) mass is 260 g/mol. The molecule has 0 spiro atoms. The minimum atomic E-state index is -0.389. The van der Waals surface area contributed by atoms with Crippen molar-refractivity contribution in [3.63, 3.8) is 0 Å². The van der Waals surface area contributed by atoms with E-state index in [1.807, 2.05) is 0 Å². The molecule has 0 bridgehead atoms. The van der Waals surface area contributed by atoms with Gasteiger partial charge in [0.15, 0.2) is 0 Å². The summed E-state index contributed by atoms with van der Waals surface area (Å²) in [6, 6.07) is 2.80. The summed E-state index contributed by atoms with van der Waals surface area (Å²) in [6.45, 7) is 1.57. The van der Waals surface area contributed by atoms with Gasteiger partial charge < -0.3 is 11.1 Å². The van der Waals surface area contributed by atoms with Crippen molar-refractivity contribution >= 4 is 27.5 Å². The highest BCUT2D eigenvalue weighted by Crippen LogP contribution is 2.24. The molecule has 76 valence electrons. The highest BCUT2D eigenvalue weighted by molar-refractivity contribution is 9.10. The Balaban J connectivity index is 3.13. The van der Waals surface area contributed by atoms with Crippen LogP contribution in [0.5, 0.6) is 0 Å². The Morgan fingerprint density at radius 1 is 1.64 bits per heavy atom. The van der Waals surface area contributed by atoms with Crippen LogP contribution in [0.3, 0.4) is 0 Å². The number of carbonyl (C=O) groups is 1. The van der Waals surface area contributed by atoms with E-state index in [1.54, 1.807) is 0 Å². The molecule has 1 aromatic rings. The van der Waals surface area contributed by atoms with E-state index in [4.69, 9.17) is 5.73 Å². The number of nitrogens with two attached hydrogens (primary N) is 1. The third-order valence-electron chi connectivity index (χ3n) is 1.68. The zero-order valence-corrected chi connectivity index (χ0v) is 9.19. The molecule has 1 aromatic carbocycles. The van der Waals surface area contributed by atoms with Crippen LogP contribution in [0.2, 0.25) is 0 Å². The Kier molecular flexibility index (Phi) is 3.60. The molecule has 0 aliphatic heterocycles. The molecular weight excluding hydrogens is 251 g/mol.